The molecule has 0 spiro atoms. The fraction of sp³-hybridized carbons (Fsp3) is 0.200. The molecule has 3 heterocycles. The highest BCUT2D eigenvalue weighted by molar-refractivity contribution is 7.89. The average molecular weight is 568 g/mol. The van der Waals surface area contributed by atoms with E-state index in [0.717, 1.165) is 29.5 Å². The van der Waals surface area contributed by atoms with Crippen molar-refractivity contribution < 1.29 is 8.42 Å². The van der Waals surface area contributed by atoms with Crippen LogP contribution in [0.4, 0.5) is 5.82 Å². The van der Waals surface area contributed by atoms with Crippen molar-refractivity contribution in [2.45, 2.75) is 17.7 Å². The monoisotopic (exact) mass is 567 g/mol. The molecule has 7 nitrogen and oxygen atoms in total. The lowest BCUT2D eigenvalue weighted by Crippen LogP contribution is -2.41. The summed E-state index contributed by atoms with van der Waals surface area (Å²) in [5.41, 5.74) is 4.51. The molecule has 3 aromatic carbocycles. The second kappa shape index (κ2) is 11.1. The van der Waals surface area contributed by atoms with Gasteiger partial charge >= 0.3 is 0 Å². The van der Waals surface area contributed by atoms with Crippen molar-refractivity contribution >= 4 is 46.4 Å². The number of halogens is 1. The van der Waals surface area contributed by atoms with Crippen LogP contribution < -0.4 is 10.8 Å². The quantitative estimate of drug-likeness (QED) is 0.279. The van der Waals surface area contributed by atoms with E-state index in [0.29, 0.717) is 52.2 Å². The summed E-state index contributed by atoms with van der Waals surface area (Å²) in [7, 11) is 2.54. The Labute approximate surface area is 240 Å². The Morgan fingerprint density at radius 1 is 0.975 bits per heavy atom. The van der Waals surface area contributed by atoms with Gasteiger partial charge < -0.3 is 5.32 Å². The van der Waals surface area contributed by atoms with E-state index in [1.807, 2.05) is 72.8 Å². The Balaban J connectivity index is 1.19. The van der Waals surface area contributed by atoms with Crippen molar-refractivity contribution in [3.05, 3.63) is 96.1 Å². The van der Waals surface area contributed by atoms with Crippen LogP contribution in [-0.4, -0.2) is 54.8 Å². The highest BCUT2D eigenvalue weighted by Gasteiger charge is 2.30. The lowest BCUT2D eigenvalue weighted by molar-refractivity contribution is 0.275. The van der Waals surface area contributed by atoms with Gasteiger partial charge in [-0.2, -0.15) is 13.9 Å². The maximum atomic E-state index is 13.5. The number of benzene rings is 3. The lowest BCUT2D eigenvalue weighted by atomic mass is 9.99. The maximum Gasteiger partial charge on any atom is 0.243 e. The molecule has 0 saturated carbocycles. The third kappa shape index (κ3) is 5.24. The number of aromatic nitrogens is 3. The molecule has 0 aliphatic carbocycles. The van der Waals surface area contributed by atoms with Crippen molar-refractivity contribution in [3.8, 4) is 22.4 Å². The van der Waals surface area contributed by atoms with E-state index >= 15 is 0 Å². The predicted molar refractivity (Wildman–Crippen MR) is 161 cm³/mol. The fourth-order valence-electron chi connectivity index (χ4n) is 5.17. The number of sulfonamides is 1. The predicted octanol–water partition coefficient (Wildman–Crippen LogP) is 5.02. The zero-order valence-corrected chi connectivity index (χ0v) is 23.3. The minimum Gasteiger partial charge on any atom is -0.370 e. The summed E-state index contributed by atoms with van der Waals surface area (Å²) in [5.74, 6) is 0.833. The minimum atomic E-state index is -3.61. The molecule has 10 heteroatoms. The molecule has 2 radical (unpaired) electrons. The largest absolute Gasteiger partial charge is 0.370 e. The van der Waals surface area contributed by atoms with Crippen molar-refractivity contribution in [1.29, 1.82) is 0 Å². The fourth-order valence-corrected chi connectivity index (χ4v) is 6.96. The van der Waals surface area contributed by atoms with Gasteiger partial charge in [0.25, 0.3) is 0 Å². The second-order valence-electron chi connectivity index (χ2n) is 9.98. The molecule has 2 aromatic heterocycles. The third-order valence-corrected chi connectivity index (χ3v) is 9.51. The first-order valence-electron chi connectivity index (χ1n) is 13.2. The van der Waals surface area contributed by atoms with Crippen LogP contribution in [0.3, 0.4) is 0 Å². The number of piperidine rings is 1. The molecule has 40 heavy (non-hydrogen) atoms. The van der Waals surface area contributed by atoms with Crippen molar-refractivity contribution in [2.75, 3.05) is 25.0 Å². The molecule has 1 unspecified atom stereocenters. The highest BCUT2D eigenvalue weighted by Crippen LogP contribution is 2.30. The number of anilines is 1. The molecule has 200 valence electrons. The number of rotatable bonds is 7. The molecule has 1 saturated heterocycles. The first kappa shape index (κ1) is 26.6. The molecule has 5 aromatic rings. The molecule has 6 rings (SSSR count). The number of hydrogen-bond donors (Lipinski definition) is 1. The summed E-state index contributed by atoms with van der Waals surface area (Å²) >= 11 is 6.45. The van der Waals surface area contributed by atoms with Crippen molar-refractivity contribution in [3.63, 3.8) is 0 Å². The topological polar surface area (TPSA) is 79.6 Å². The van der Waals surface area contributed by atoms with Crippen LogP contribution in [0.25, 0.3) is 28.0 Å². The summed E-state index contributed by atoms with van der Waals surface area (Å²) < 4.78 is 30.3. The average Bonchev–Trinajstić information content (AvgIpc) is 3.37. The van der Waals surface area contributed by atoms with Crippen LogP contribution in [0.2, 0.25) is 5.02 Å². The van der Waals surface area contributed by atoms with E-state index in [9.17, 15) is 8.42 Å². The number of hydrogen-bond acceptors (Lipinski definition) is 5. The third-order valence-electron chi connectivity index (χ3n) is 7.30. The minimum absolute atomic E-state index is 0.118. The lowest BCUT2D eigenvalue weighted by Gasteiger charge is -2.32. The van der Waals surface area contributed by atoms with E-state index < -0.39 is 10.0 Å². The van der Waals surface area contributed by atoms with Crippen molar-refractivity contribution in [1.82, 2.24) is 18.9 Å². The number of nitrogens with zero attached hydrogens (tertiary/aromatic N) is 4. The smallest absolute Gasteiger partial charge is 0.243 e. The molecule has 1 aliphatic heterocycles. The van der Waals surface area contributed by atoms with Gasteiger partial charge in [0.05, 0.1) is 10.6 Å². The maximum absolute atomic E-state index is 13.5. The summed E-state index contributed by atoms with van der Waals surface area (Å²) in [6, 6.07) is 26.5. The van der Waals surface area contributed by atoms with Crippen LogP contribution in [0, 0.1) is 5.92 Å². The SMILES string of the molecule is [B]c1cnn2c(NCC3CCCN(S(=O)(=O)c4ccc(-c5ccccc5)cc4)C3)cc(-c3ccccc3Cl)nc12. The van der Waals surface area contributed by atoms with Crippen LogP contribution in [0.1, 0.15) is 12.8 Å². The van der Waals surface area contributed by atoms with Crippen LogP contribution >= 0.6 is 11.6 Å². The molecule has 1 N–H and O–H groups in total. The molecule has 1 aliphatic rings. The van der Waals surface area contributed by atoms with Gasteiger partial charge in [-0.25, -0.2) is 13.4 Å². The zero-order valence-electron chi connectivity index (χ0n) is 21.7. The second-order valence-corrected chi connectivity index (χ2v) is 12.3. The standard InChI is InChI=1S/C30H27BClN5O2S/c31-26-19-34-37-29(17-28(35-30(26)37)25-10-4-5-11-27(25)32)33-18-21-7-6-16-36(20-21)40(38,39)24-14-12-23(13-15-24)22-8-2-1-3-9-22/h1-5,8-15,17,19,21,33H,6-7,16,18,20H2. The van der Waals surface area contributed by atoms with E-state index in [-0.39, 0.29) is 5.92 Å². The van der Waals surface area contributed by atoms with Crippen molar-refractivity contribution in [2.24, 2.45) is 5.92 Å². The summed E-state index contributed by atoms with van der Waals surface area (Å²) in [5, 5.41) is 8.46. The first-order valence-corrected chi connectivity index (χ1v) is 15.0. The summed E-state index contributed by atoms with van der Waals surface area (Å²) in [6.45, 7) is 1.51. The van der Waals surface area contributed by atoms with E-state index in [4.69, 9.17) is 19.4 Å². The highest BCUT2D eigenvalue weighted by atomic mass is 35.5. The molecule has 1 fully saturated rings. The van der Waals surface area contributed by atoms with E-state index in [2.05, 4.69) is 15.4 Å². The Morgan fingerprint density at radius 3 is 2.48 bits per heavy atom. The molecule has 0 bridgehead atoms. The Morgan fingerprint density at radius 2 is 1.70 bits per heavy atom. The summed E-state index contributed by atoms with van der Waals surface area (Å²) in [6.07, 6.45) is 3.28. The van der Waals surface area contributed by atoms with Crippen LogP contribution in [-0.2, 0) is 10.0 Å². The molecular weight excluding hydrogens is 541 g/mol. The van der Waals surface area contributed by atoms with Gasteiger partial charge in [-0.05, 0) is 53.5 Å². The Kier molecular flexibility index (Phi) is 7.36. The van der Waals surface area contributed by atoms with Gasteiger partial charge in [0, 0.05) is 42.5 Å². The Hall–Kier alpha value is -3.66. The number of nitrogens with one attached hydrogen (secondary N) is 1. The van der Waals surface area contributed by atoms with Crippen LogP contribution in [0.15, 0.2) is 96.0 Å². The zero-order chi connectivity index (χ0) is 27.7. The van der Waals surface area contributed by atoms with Gasteiger partial charge in [0.1, 0.15) is 13.7 Å². The summed E-state index contributed by atoms with van der Waals surface area (Å²) in [4.78, 5) is 5.00. The Bertz CT molecular complexity index is 1760. The molecular formula is C30H27BClN5O2S. The van der Waals surface area contributed by atoms with Gasteiger partial charge in [0.15, 0.2) is 5.65 Å². The van der Waals surface area contributed by atoms with E-state index in [1.54, 1.807) is 27.2 Å². The van der Waals surface area contributed by atoms with Gasteiger partial charge in [0.2, 0.25) is 10.0 Å². The van der Waals surface area contributed by atoms with Gasteiger partial charge in [-0.3, -0.25) is 0 Å². The van der Waals surface area contributed by atoms with Gasteiger partial charge in [-0.15, -0.1) is 0 Å². The normalized spacial score (nSPS) is 16.3. The molecule has 1 atom stereocenters. The van der Waals surface area contributed by atoms with E-state index in [1.165, 1.54) is 0 Å². The molecule has 0 amide bonds. The van der Waals surface area contributed by atoms with Gasteiger partial charge in [-0.1, -0.05) is 72.3 Å². The van der Waals surface area contributed by atoms with Crippen LogP contribution in [0.5, 0.6) is 0 Å². The first-order chi connectivity index (χ1) is 19.4. The number of fused-ring (bicyclic) bond motifs is 1.